The molecule has 112 valence electrons. The van der Waals surface area contributed by atoms with E-state index >= 15 is 0 Å². The van der Waals surface area contributed by atoms with Crippen LogP contribution >= 0.6 is 11.8 Å². The fourth-order valence-corrected chi connectivity index (χ4v) is 2.33. The summed E-state index contributed by atoms with van der Waals surface area (Å²) in [4.78, 5) is 11.9. The molecule has 1 amide bonds. The van der Waals surface area contributed by atoms with Crippen LogP contribution in [0, 0.1) is 11.6 Å². The maximum atomic E-state index is 13.7. The molecule has 6 heteroatoms. The standard InChI is InChI=1S/C14H20F2N2OS/c1-3-13(10-5-4-9(15)8-11(10)16)18-14(19)12(17)6-7-20-2/h4-5,8,12-13H,3,6-7,17H2,1-2H3,(H,18,19)/t12-,13?/m0/s1. The Morgan fingerprint density at radius 1 is 1.45 bits per heavy atom. The smallest absolute Gasteiger partial charge is 0.237 e. The third-order valence-corrected chi connectivity index (χ3v) is 3.68. The van der Waals surface area contributed by atoms with Gasteiger partial charge in [-0.1, -0.05) is 13.0 Å². The predicted molar refractivity (Wildman–Crippen MR) is 78.5 cm³/mol. The first-order valence-electron chi connectivity index (χ1n) is 6.49. The topological polar surface area (TPSA) is 55.1 Å². The van der Waals surface area contributed by atoms with Crippen LogP contribution in [0.3, 0.4) is 0 Å². The molecule has 20 heavy (non-hydrogen) atoms. The van der Waals surface area contributed by atoms with Gasteiger partial charge in [-0.3, -0.25) is 4.79 Å². The number of thioether (sulfide) groups is 1. The van der Waals surface area contributed by atoms with Crippen LogP contribution in [0.25, 0.3) is 0 Å². The van der Waals surface area contributed by atoms with Crippen LogP contribution in [0.15, 0.2) is 18.2 Å². The van der Waals surface area contributed by atoms with E-state index in [1.807, 2.05) is 13.2 Å². The second-order valence-electron chi connectivity index (χ2n) is 4.52. The number of hydrogen-bond acceptors (Lipinski definition) is 3. The first kappa shape index (κ1) is 16.9. The molecule has 0 saturated heterocycles. The van der Waals surface area contributed by atoms with Crippen molar-refractivity contribution in [3.8, 4) is 0 Å². The lowest BCUT2D eigenvalue weighted by atomic mass is 10.0. The summed E-state index contributed by atoms with van der Waals surface area (Å²) in [6.45, 7) is 1.82. The van der Waals surface area contributed by atoms with Crippen molar-refractivity contribution in [2.45, 2.75) is 31.8 Å². The molecule has 0 aliphatic rings. The van der Waals surface area contributed by atoms with Crippen molar-refractivity contribution in [2.75, 3.05) is 12.0 Å². The highest BCUT2D eigenvalue weighted by Gasteiger charge is 2.20. The van der Waals surface area contributed by atoms with E-state index in [0.717, 1.165) is 11.8 Å². The van der Waals surface area contributed by atoms with Crippen LogP contribution in [-0.2, 0) is 4.79 Å². The highest BCUT2D eigenvalue weighted by atomic mass is 32.2. The van der Waals surface area contributed by atoms with Crippen LogP contribution in [0.4, 0.5) is 8.78 Å². The summed E-state index contributed by atoms with van der Waals surface area (Å²) in [5.74, 6) is -0.815. The quantitative estimate of drug-likeness (QED) is 0.814. The average Bonchev–Trinajstić information content (AvgIpc) is 2.42. The molecule has 1 unspecified atom stereocenters. The van der Waals surface area contributed by atoms with E-state index in [0.29, 0.717) is 12.8 Å². The molecule has 0 saturated carbocycles. The van der Waals surface area contributed by atoms with Gasteiger partial charge >= 0.3 is 0 Å². The van der Waals surface area contributed by atoms with Gasteiger partial charge in [0.1, 0.15) is 11.6 Å². The summed E-state index contributed by atoms with van der Waals surface area (Å²) in [6, 6.07) is 2.24. The molecular weight excluding hydrogens is 282 g/mol. The van der Waals surface area contributed by atoms with Gasteiger partial charge in [0.25, 0.3) is 0 Å². The fourth-order valence-electron chi connectivity index (χ4n) is 1.84. The molecule has 0 aliphatic heterocycles. The van der Waals surface area contributed by atoms with Crippen molar-refractivity contribution in [1.29, 1.82) is 0 Å². The first-order valence-corrected chi connectivity index (χ1v) is 7.88. The molecule has 1 aromatic rings. The number of nitrogens with one attached hydrogen (secondary N) is 1. The summed E-state index contributed by atoms with van der Waals surface area (Å²) in [5, 5.41) is 2.72. The van der Waals surface area contributed by atoms with Crippen LogP contribution in [0.1, 0.15) is 31.4 Å². The number of amides is 1. The van der Waals surface area contributed by atoms with E-state index in [4.69, 9.17) is 5.73 Å². The second kappa shape index (κ2) is 8.21. The van der Waals surface area contributed by atoms with E-state index in [-0.39, 0.29) is 11.5 Å². The van der Waals surface area contributed by atoms with Gasteiger partial charge in [0.05, 0.1) is 12.1 Å². The van der Waals surface area contributed by atoms with E-state index < -0.39 is 23.7 Å². The Kier molecular flexibility index (Phi) is 6.95. The molecule has 0 fully saturated rings. The molecule has 0 spiro atoms. The van der Waals surface area contributed by atoms with Gasteiger partial charge in [-0.15, -0.1) is 0 Å². The zero-order valence-electron chi connectivity index (χ0n) is 11.7. The van der Waals surface area contributed by atoms with Crippen LogP contribution in [0.2, 0.25) is 0 Å². The molecule has 0 aromatic heterocycles. The molecule has 1 rings (SSSR count). The van der Waals surface area contributed by atoms with Crippen LogP contribution in [0.5, 0.6) is 0 Å². The van der Waals surface area contributed by atoms with E-state index in [9.17, 15) is 13.6 Å². The maximum absolute atomic E-state index is 13.7. The molecule has 3 N–H and O–H groups in total. The summed E-state index contributed by atoms with van der Waals surface area (Å²) < 4.78 is 26.6. The Balaban J connectivity index is 2.74. The normalized spacial score (nSPS) is 13.8. The molecule has 0 aliphatic carbocycles. The number of hydrogen-bond donors (Lipinski definition) is 2. The molecule has 1 aromatic carbocycles. The van der Waals surface area contributed by atoms with E-state index in [1.54, 1.807) is 11.8 Å². The Bertz CT molecular complexity index is 457. The lowest BCUT2D eigenvalue weighted by Gasteiger charge is -2.20. The summed E-state index contributed by atoms with van der Waals surface area (Å²) in [5.41, 5.74) is 6.04. The fraction of sp³-hybridized carbons (Fsp3) is 0.500. The van der Waals surface area contributed by atoms with Crippen molar-refractivity contribution < 1.29 is 13.6 Å². The third-order valence-electron chi connectivity index (χ3n) is 3.03. The molecule has 0 radical (unpaired) electrons. The van der Waals surface area contributed by atoms with Gasteiger partial charge in [0.2, 0.25) is 5.91 Å². The SMILES string of the molecule is CCC(NC(=O)[C@@H](N)CCSC)c1ccc(F)cc1F. The highest BCUT2D eigenvalue weighted by Crippen LogP contribution is 2.21. The summed E-state index contributed by atoms with van der Waals surface area (Å²) in [6.07, 6.45) is 3.01. The molecule has 3 nitrogen and oxygen atoms in total. The minimum absolute atomic E-state index is 0.277. The van der Waals surface area contributed by atoms with Gasteiger partial charge in [-0.25, -0.2) is 8.78 Å². The Hall–Kier alpha value is -1.14. The largest absolute Gasteiger partial charge is 0.348 e. The van der Waals surface area contributed by atoms with Gasteiger partial charge in [-0.05, 0) is 30.9 Å². The van der Waals surface area contributed by atoms with Crippen LogP contribution in [-0.4, -0.2) is 24.0 Å². The molecule has 0 bridgehead atoms. The lowest BCUT2D eigenvalue weighted by molar-refractivity contribution is -0.123. The number of rotatable bonds is 7. The van der Waals surface area contributed by atoms with Gasteiger partial charge in [0, 0.05) is 11.6 Å². The lowest BCUT2D eigenvalue weighted by Crippen LogP contribution is -2.42. The number of carbonyl (C=O) groups excluding carboxylic acids is 1. The number of nitrogens with two attached hydrogens (primary N) is 1. The van der Waals surface area contributed by atoms with Crippen molar-refractivity contribution in [3.05, 3.63) is 35.4 Å². The summed E-state index contributed by atoms with van der Waals surface area (Å²) in [7, 11) is 0. The van der Waals surface area contributed by atoms with Crippen molar-refractivity contribution in [3.63, 3.8) is 0 Å². The minimum Gasteiger partial charge on any atom is -0.348 e. The number of carbonyl (C=O) groups is 1. The molecule has 2 atom stereocenters. The van der Waals surface area contributed by atoms with E-state index in [2.05, 4.69) is 5.32 Å². The predicted octanol–water partition coefficient (Wildman–Crippen LogP) is 2.61. The third kappa shape index (κ3) is 4.76. The Labute approximate surface area is 122 Å². The Morgan fingerprint density at radius 2 is 2.15 bits per heavy atom. The zero-order valence-corrected chi connectivity index (χ0v) is 12.5. The average molecular weight is 302 g/mol. The van der Waals surface area contributed by atoms with Crippen molar-refractivity contribution in [2.24, 2.45) is 5.73 Å². The van der Waals surface area contributed by atoms with Crippen molar-refractivity contribution in [1.82, 2.24) is 5.32 Å². The highest BCUT2D eigenvalue weighted by molar-refractivity contribution is 7.98. The maximum Gasteiger partial charge on any atom is 0.237 e. The Morgan fingerprint density at radius 3 is 2.70 bits per heavy atom. The van der Waals surface area contributed by atoms with Gasteiger partial charge in [0.15, 0.2) is 0 Å². The molecular formula is C14H20F2N2OS. The number of halogens is 2. The monoisotopic (exact) mass is 302 g/mol. The van der Waals surface area contributed by atoms with Crippen molar-refractivity contribution >= 4 is 17.7 Å². The second-order valence-corrected chi connectivity index (χ2v) is 5.51. The molecule has 0 heterocycles. The van der Waals surface area contributed by atoms with Gasteiger partial charge < -0.3 is 11.1 Å². The zero-order chi connectivity index (χ0) is 15.1. The first-order chi connectivity index (χ1) is 9.49. The van der Waals surface area contributed by atoms with Crippen LogP contribution < -0.4 is 11.1 Å². The van der Waals surface area contributed by atoms with E-state index in [1.165, 1.54) is 12.1 Å². The summed E-state index contributed by atoms with van der Waals surface area (Å²) >= 11 is 1.61. The number of benzene rings is 1. The van der Waals surface area contributed by atoms with Gasteiger partial charge in [-0.2, -0.15) is 11.8 Å². The minimum atomic E-state index is -0.658.